The summed E-state index contributed by atoms with van der Waals surface area (Å²) < 4.78 is 5.51. The molecule has 0 amide bonds. The van der Waals surface area contributed by atoms with Crippen LogP contribution in [0, 0.1) is 0 Å². The molecule has 1 atom stereocenters. The maximum Gasteiger partial charge on any atom is 0.199 e. The minimum Gasteiger partial charge on any atom is -0.506 e. The number of hydrogen-bond acceptors (Lipinski definition) is 4. The second-order valence-electron chi connectivity index (χ2n) is 5.16. The van der Waals surface area contributed by atoms with Crippen molar-refractivity contribution in [2.24, 2.45) is 4.99 Å². The number of hydrogen-bond donors (Lipinski definition) is 1. The lowest BCUT2D eigenvalue weighted by Gasteiger charge is -2.07. The number of allylic oxidation sites excluding steroid dienone is 1. The van der Waals surface area contributed by atoms with Crippen molar-refractivity contribution in [2.45, 2.75) is 25.9 Å². The summed E-state index contributed by atoms with van der Waals surface area (Å²) in [5.41, 5.74) is 2.05. The molecule has 0 bridgehead atoms. The van der Waals surface area contributed by atoms with Crippen molar-refractivity contribution >= 4 is 17.3 Å². The maximum atomic E-state index is 12.3. The molecular formula is C16H17NO3. The van der Waals surface area contributed by atoms with Crippen molar-refractivity contribution in [3.8, 4) is 0 Å². The molecule has 1 heterocycles. The number of ketones is 1. The molecule has 1 fully saturated rings. The standard InChI is InChI=1S/C16H17NO3/c1-10(17-9-11-5-4-8-20-11)14-15(18)12-6-2-3-7-13(12)16(14)19/h2-3,6-7,11,18H,4-5,8-9H2,1H3/t11-/m1/s1. The number of rotatable bonds is 3. The summed E-state index contributed by atoms with van der Waals surface area (Å²) in [6.45, 7) is 3.11. The van der Waals surface area contributed by atoms with Crippen molar-refractivity contribution in [3.63, 3.8) is 0 Å². The van der Waals surface area contributed by atoms with Gasteiger partial charge in [0.1, 0.15) is 5.76 Å². The maximum absolute atomic E-state index is 12.3. The van der Waals surface area contributed by atoms with Crippen LogP contribution in [0.25, 0.3) is 5.76 Å². The molecule has 1 N–H and O–H groups in total. The molecule has 4 nitrogen and oxygen atoms in total. The van der Waals surface area contributed by atoms with Gasteiger partial charge in [-0.2, -0.15) is 0 Å². The smallest absolute Gasteiger partial charge is 0.199 e. The minimum absolute atomic E-state index is 0.0409. The van der Waals surface area contributed by atoms with Gasteiger partial charge in [-0.25, -0.2) is 0 Å². The molecule has 0 unspecified atom stereocenters. The van der Waals surface area contributed by atoms with E-state index in [0.717, 1.165) is 19.4 Å². The van der Waals surface area contributed by atoms with E-state index in [1.807, 2.05) is 6.07 Å². The summed E-state index contributed by atoms with van der Waals surface area (Å²) in [5.74, 6) is -0.106. The predicted octanol–water partition coefficient (Wildman–Crippen LogP) is 2.79. The SMILES string of the molecule is CC(=NC[C@H]1CCCO1)C1=C(O)c2ccccc2C1=O. The molecule has 1 aromatic carbocycles. The largest absolute Gasteiger partial charge is 0.506 e. The van der Waals surface area contributed by atoms with E-state index in [4.69, 9.17) is 4.74 Å². The van der Waals surface area contributed by atoms with Gasteiger partial charge < -0.3 is 9.84 Å². The molecule has 1 aliphatic heterocycles. The highest BCUT2D eigenvalue weighted by Gasteiger charge is 2.30. The molecule has 4 heteroatoms. The molecule has 0 spiro atoms. The van der Waals surface area contributed by atoms with Crippen molar-refractivity contribution < 1.29 is 14.6 Å². The van der Waals surface area contributed by atoms with Gasteiger partial charge >= 0.3 is 0 Å². The van der Waals surface area contributed by atoms with Crippen molar-refractivity contribution in [2.75, 3.05) is 13.2 Å². The summed E-state index contributed by atoms with van der Waals surface area (Å²) in [4.78, 5) is 16.7. The Hall–Kier alpha value is -1.94. The third kappa shape index (κ3) is 2.16. The number of nitrogens with zero attached hydrogens (tertiary/aromatic N) is 1. The van der Waals surface area contributed by atoms with E-state index < -0.39 is 0 Å². The van der Waals surface area contributed by atoms with E-state index in [9.17, 15) is 9.90 Å². The van der Waals surface area contributed by atoms with Crippen LogP contribution >= 0.6 is 0 Å². The lowest BCUT2D eigenvalue weighted by atomic mass is 10.1. The first-order valence-electron chi connectivity index (χ1n) is 6.89. The lowest BCUT2D eigenvalue weighted by Crippen LogP contribution is -2.13. The monoisotopic (exact) mass is 271 g/mol. The van der Waals surface area contributed by atoms with Crippen LogP contribution in [0.5, 0.6) is 0 Å². The normalized spacial score (nSPS) is 22.6. The van der Waals surface area contributed by atoms with Crippen molar-refractivity contribution in [1.82, 2.24) is 0 Å². The average Bonchev–Trinajstić information content (AvgIpc) is 3.05. The number of Topliss-reactive ketones (excluding diaryl/α,β-unsaturated/α-hetero) is 1. The number of ether oxygens (including phenoxy) is 1. The highest BCUT2D eigenvalue weighted by Crippen LogP contribution is 2.31. The molecule has 1 saturated heterocycles. The van der Waals surface area contributed by atoms with E-state index in [-0.39, 0.29) is 17.6 Å². The fourth-order valence-electron chi connectivity index (χ4n) is 2.71. The average molecular weight is 271 g/mol. The first kappa shape index (κ1) is 13.1. The Morgan fingerprint density at radius 3 is 2.80 bits per heavy atom. The van der Waals surface area contributed by atoms with Gasteiger partial charge in [-0.3, -0.25) is 9.79 Å². The van der Waals surface area contributed by atoms with Crippen LogP contribution in [0.1, 0.15) is 35.7 Å². The van der Waals surface area contributed by atoms with Crippen LogP contribution in [0.4, 0.5) is 0 Å². The van der Waals surface area contributed by atoms with Gasteiger partial charge in [-0.15, -0.1) is 0 Å². The van der Waals surface area contributed by atoms with Gasteiger partial charge in [0.25, 0.3) is 0 Å². The Morgan fingerprint density at radius 2 is 2.15 bits per heavy atom. The summed E-state index contributed by atoms with van der Waals surface area (Å²) >= 11 is 0. The summed E-state index contributed by atoms with van der Waals surface area (Å²) in [6, 6.07) is 7.09. The molecule has 0 saturated carbocycles. The van der Waals surface area contributed by atoms with Gasteiger partial charge in [0.05, 0.1) is 18.2 Å². The van der Waals surface area contributed by atoms with Crippen molar-refractivity contribution in [1.29, 1.82) is 0 Å². The van der Waals surface area contributed by atoms with Crippen LogP contribution < -0.4 is 0 Å². The second-order valence-corrected chi connectivity index (χ2v) is 5.16. The summed E-state index contributed by atoms with van der Waals surface area (Å²) in [5, 5.41) is 10.2. The molecule has 104 valence electrons. The van der Waals surface area contributed by atoms with E-state index in [2.05, 4.69) is 4.99 Å². The third-order valence-electron chi connectivity index (χ3n) is 3.81. The van der Waals surface area contributed by atoms with Gasteiger partial charge in [0.2, 0.25) is 0 Å². The summed E-state index contributed by atoms with van der Waals surface area (Å²) in [7, 11) is 0. The topological polar surface area (TPSA) is 58.9 Å². The number of fused-ring (bicyclic) bond motifs is 1. The highest BCUT2D eigenvalue weighted by atomic mass is 16.5. The number of aliphatic imine (C=N–C) groups is 1. The van der Waals surface area contributed by atoms with Gasteiger partial charge in [0.15, 0.2) is 5.78 Å². The molecule has 2 aliphatic rings. The first-order valence-corrected chi connectivity index (χ1v) is 6.89. The fraction of sp³-hybridized carbons (Fsp3) is 0.375. The molecule has 3 rings (SSSR count). The highest BCUT2D eigenvalue weighted by molar-refractivity contribution is 6.35. The number of benzene rings is 1. The zero-order valence-electron chi connectivity index (χ0n) is 11.4. The van der Waals surface area contributed by atoms with Gasteiger partial charge in [-0.05, 0) is 19.8 Å². The number of aliphatic hydroxyl groups is 1. The molecule has 20 heavy (non-hydrogen) atoms. The zero-order chi connectivity index (χ0) is 14.1. The first-order chi connectivity index (χ1) is 9.68. The molecular weight excluding hydrogens is 254 g/mol. The van der Waals surface area contributed by atoms with Crippen LogP contribution in [-0.2, 0) is 4.74 Å². The Labute approximate surface area is 117 Å². The number of carbonyl (C=O) groups is 1. The molecule has 0 aromatic heterocycles. The Balaban J connectivity index is 1.85. The zero-order valence-corrected chi connectivity index (χ0v) is 11.4. The van der Waals surface area contributed by atoms with Gasteiger partial charge in [0, 0.05) is 23.4 Å². The number of carbonyl (C=O) groups excluding carboxylic acids is 1. The second kappa shape index (κ2) is 5.21. The third-order valence-corrected chi connectivity index (χ3v) is 3.81. The quantitative estimate of drug-likeness (QED) is 0.860. The molecule has 1 aliphatic carbocycles. The summed E-state index contributed by atoms with van der Waals surface area (Å²) in [6.07, 6.45) is 2.22. The van der Waals surface area contributed by atoms with Crippen LogP contribution in [-0.4, -0.2) is 35.9 Å². The van der Waals surface area contributed by atoms with E-state index in [1.54, 1.807) is 25.1 Å². The van der Waals surface area contributed by atoms with E-state index in [1.165, 1.54) is 0 Å². The lowest BCUT2D eigenvalue weighted by molar-refractivity contribution is 0.104. The Bertz CT molecular complexity index is 610. The molecule has 1 aromatic rings. The van der Waals surface area contributed by atoms with Gasteiger partial charge in [-0.1, -0.05) is 24.3 Å². The number of aliphatic hydroxyl groups excluding tert-OH is 1. The van der Waals surface area contributed by atoms with E-state index in [0.29, 0.717) is 29.0 Å². The molecule has 0 radical (unpaired) electrons. The predicted molar refractivity (Wildman–Crippen MR) is 77.3 cm³/mol. The minimum atomic E-state index is -0.147. The van der Waals surface area contributed by atoms with E-state index >= 15 is 0 Å². The van der Waals surface area contributed by atoms with Crippen molar-refractivity contribution in [3.05, 3.63) is 41.0 Å². The fourth-order valence-corrected chi connectivity index (χ4v) is 2.71. The van der Waals surface area contributed by atoms with Crippen LogP contribution in [0.2, 0.25) is 0 Å². The van der Waals surface area contributed by atoms with Crippen LogP contribution in [0.3, 0.4) is 0 Å². The Kier molecular flexibility index (Phi) is 3.40. The van der Waals surface area contributed by atoms with Crippen LogP contribution in [0.15, 0.2) is 34.8 Å². The Morgan fingerprint density at radius 1 is 1.40 bits per heavy atom.